The lowest BCUT2D eigenvalue weighted by molar-refractivity contribution is -0.143. The van der Waals surface area contributed by atoms with Gasteiger partial charge in [0.05, 0.1) is 17.5 Å². The third kappa shape index (κ3) is 5.41. The molecule has 29 heavy (non-hydrogen) atoms. The van der Waals surface area contributed by atoms with E-state index in [1.54, 1.807) is 6.07 Å². The highest BCUT2D eigenvalue weighted by molar-refractivity contribution is 7.05. The number of rotatable bonds is 5. The molecule has 1 heterocycles. The van der Waals surface area contributed by atoms with Crippen LogP contribution in [0.2, 0.25) is 0 Å². The van der Waals surface area contributed by atoms with Crippen molar-refractivity contribution in [3.63, 3.8) is 0 Å². The van der Waals surface area contributed by atoms with Crippen LogP contribution < -0.4 is 0 Å². The molecule has 0 atom stereocenters. The standard InChI is InChI=1S/C19H12F6N2OS/c20-18(21,22)14-6-13(7-15(8-14)19(23,24)25)12-3-1-2-11(4-12)5-16(28)9-17-26-10-27-29-17/h1-4,6-8,10H,5,9H2. The number of nitrogens with zero attached hydrogens (tertiary/aromatic N) is 2. The van der Waals surface area contributed by atoms with Gasteiger partial charge in [-0.25, -0.2) is 4.98 Å². The number of benzene rings is 2. The zero-order chi connectivity index (χ0) is 21.2. The maximum Gasteiger partial charge on any atom is 0.416 e. The van der Waals surface area contributed by atoms with Gasteiger partial charge in [-0.2, -0.15) is 30.7 Å². The highest BCUT2D eigenvalue weighted by Crippen LogP contribution is 2.38. The van der Waals surface area contributed by atoms with Gasteiger partial charge in [0, 0.05) is 6.42 Å². The van der Waals surface area contributed by atoms with Gasteiger partial charge in [0.2, 0.25) is 0 Å². The molecule has 0 amide bonds. The molecule has 3 nitrogen and oxygen atoms in total. The van der Waals surface area contributed by atoms with Crippen LogP contribution in [0.5, 0.6) is 0 Å². The van der Waals surface area contributed by atoms with E-state index in [0.29, 0.717) is 22.7 Å². The molecule has 2 aromatic carbocycles. The maximum atomic E-state index is 13.1. The van der Waals surface area contributed by atoms with Gasteiger partial charge >= 0.3 is 12.4 Å². The van der Waals surface area contributed by atoms with Crippen molar-refractivity contribution in [2.75, 3.05) is 0 Å². The number of carbonyl (C=O) groups is 1. The van der Waals surface area contributed by atoms with Gasteiger partial charge in [-0.3, -0.25) is 4.79 Å². The van der Waals surface area contributed by atoms with Crippen LogP contribution in [-0.4, -0.2) is 15.1 Å². The zero-order valence-corrected chi connectivity index (χ0v) is 15.3. The number of aromatic nitrogens is 2. The van der Waals surface area contributed by atoms with E-state index in [4.69, 9.17) is 0 Å². The van der Waals surface area contributed by atoms with Crippen LogP contribution in [0, 0.1) is 0 Å². The summed E-state index contributed by atoms with van der Waals surface area (Å²) in [4.78, 5) is 16.0. The summed E-state index contributed by atoms with van der Waals surface area (Å²) in [7, 11) is 0. The molecule has 0 saturated carbocycles. The van der Waals surface area contributed by atoms with Gasteiger partial charge in [0.15, 0.2) is 0 Å². The summed E-state index contributed by atoms with van der Waals surface area (Å²) in [5, 5.41) is 0.527. The Hall–Kier alpha value is -2.75. The van der Waals surface area contributed by atoms with E-state index in [2.05, 4.69) is 9.36 Å². The third-order valence-corrected chi connectivity index (χ3v) is 4.66. The molecule has 0 saturated heterocycles. The summed E-state index contributed by atoms with van der Waals surface area (Å²) in [6.07, 6.45) is -8.51. The van der Waals surface area contributed by atoms with E-state index in [-0.39, 0.29) is 35.8 Å². The summed E-state index contributed by atoms with van der Waals surface area (Å²) in [5.74, 6) is -0.195. The highest BCUT2D eigenvalue weighted by atomic mass is 32.1. The van der Waals surface area contributed by atoms with Crippen molar-refractivity contribution < 1.29 is 31.1 Å². The Morgan fingerprint density at radius 1 is 0.862 bits per heavy atom. The molecule has 3 rings (SSSR count). The fourth-order valence-corrected chi connectivity index (χ4v) is 3.25. The highest BCUT2D eigenvalue weighted by Gasteiger charge is 2.37. The molecule has 0 aliphatic carbocycles. The minimum Gasteiger partial charge on any atom is -0.299 e. The molecule has 0 fully saturated rings. The molecule has 10 heteroatoms. The van der Waals surface area contributed by atoms with Crippen LogP contribution in [0.15, 0.2) is 48.8 Å². The lowest BCUT2D eigenvalue weighted by Gasteiger charge is -2.14. The summed E-state index contributed by atoms with van der Waals surface area (Å²) >= 11 is 1.07. The van der Waals surface area contributed by atoms with Crippen LogP contribution in [0.3, 0.4) is 0 Å². The molecule has 1 aromatic heterocycles. The molecular weight excluding hydrogens is 418 g/mol. The first-order chi connectivity index (χ1) is 13.5. The molecule has 0 N–H and O–H groups in total. The van der Waals surface area contributed by atoms with Crippen molar-refractivity contribution in [2.45, 2.75) is 25.2 Å². The van der Waals surface area contributed by atoms with E-state index in [1.807, 2.05) is 0 Å². The molecule has 3 aromatic rings. The van der Waals surface area contributed by atoms with Crippen LogP contribution in [0.25, 0.3) is 11.1 Å². The number of halogens is 6. The zero-order valence-electron chi connectivity index (χ0n) is 14.5. The molecule has 0 radical (unpaired) electrons. The normalized spacial score (nSPS) is 12.2. The Balaban J connectivity index is 1.92. The van der Waals surface area contributed by atoms with E-state index < -0.39 is 23.5 Å². The SMILES string of the molecule is O=C(Cc1cccc(-c2cc(C(F)(F)F)cc(C(F)(F)F)c2)c1)Cc1ncns1. The fourth-order valence-electron chi connectivity index (χ4n) is 2.72. The second kappa shape index (κ2) is 7.94. The lowest BCUT2D eigenvalue weighted by Crippen LogP contribution is -2.11. The van der Waals surface area contributed by atoms with Crippen molar-refractivity contribution in [1.29, 1.82) is 0 Å². The molecular formula is C19H12F6N2OS. The van der Waals surface area contributed by atoms with Crippen molar-refractivity contribution in [1.82, 2.24) is 9.36 Å². The van der Waals surface area contributed by atoms with E-state index >= 15 is 0 Å². The van der Waals surface area contributed by atoms with Crippen molar-refractivity contribution in [3.05, 3.63) is 70.5 Å². The Labute approximate surface area is 165 Å². The summed E-state index contributed by atoms with van der Waals surface area (Å²) in [6, 6.07) is 7.28. The van der Waals surface area contributed by atoms with Gasteiger partial charge in [-0.15, -0.1) is 0 Å². The minimum atomic E-state index is -4.93. The molecule has 0 spiro atoms. The third-order valence-electron chi connectivity index (χ3n) is 4.00. The van der Waals surface area contributed by atoms with E-state index in [1.165, 1.54) is 24.5 Å². The average Bonchev–Trinajstić information content (AvgIpc) is 3.13. The van der Waals surface area contributed by atoms with Crippen LogP contribution >= 0.6 is 11.5 Å². The molecule has 0 aliphatic heterocycles. The first kappa shape index (κ1) is 21.0. The summed E-state index contributed by atoms with van der Waals surface area (Å²) in [5.41, 5.74) is -2.38. The molecule has 0 bridgehead atoms. The van der Waals surface area contributed by atoms with Crippen LogP contribution in [0.1, 0.15) is 21.7 Å². The van der Waals surface area contributed by atoms with Crippen molar-refractivity contribution in [2.24, 2.45) is 0 Å². The van der Waals surface area contributed by atoms with Crippen molar-refractivity contribution >= 4 is 17.3 Å². The topological polar surface area (TPSA) is 42.9 Å². The first-order valence-electron chi connectivity index (χ1n) is 8.18. The predicted molar refractivity (Wildman–Crippen MR) is 94.2 cm³/mol. The maximum absolute atomic E-state index is 13.1. The number of Topliss-reactive ketones (excluding diaryl/α,β-unsaturated/α-hetero) is 1. The van der Waals surface area contributed by atoms with Gasteiger partial charge in [0.25, 0.3) is 0 Å². The van der Waals surface area contributed by atoms with Gasteiger partial charge < -0.3 is 0 Å². The largest absolute Gasteiger partial charge is 0.416 e. The monoisotopic (exact) mass is 430 g/mol. The van der Waals surface area contributed by atoms with Gasteiger partial charge in [0.1, 0.15) is 17.1 Å². The van der Waals surface area contributed by atoms with Crippen LogP contribution in [-0.2, 0) is 30.0 Å². The minimum absolute atomic E-state index is 0.0293. The molecule has 0 aliphatic rings. The fraction of sp³-hybridized carbons (Fsp3) is 0.211. The Bertz CT molecular complexity index is 980. The second-order valence-electron chi connectivity index (χ2n) is 6.22. The number of hydrogen-bond acceptors (Lipinski definition) is 4. The lowest BCUT2D eigenvalue weighted by atomic mass is 9.96. The quantitative estimate of drug-likeness (QED) is 0.495. The Kier molecular flexibility index (Phi) is 5.74. The second-order valence-corrected chi connectivity index (χ2v) is 7.09. The number of alkyl halides is 6. The Morgan fingerprint density at radius 3 is 2.07 bits per heavy atom. The predicted octanol–water partition coefficient (Wildman–Crippen LogP) is 5.60. The smallest absolute Gasteiger partial charge is 0.299 e. The number of ketones is 1. The molecule has 152 valence electrons. The van der Waals surface area contributed by atoms with Gasteiger partial charge in [-0.1, -0.05) is 24.3 Å². The Morgan fingerprint density at radius 2 is 1.52 bits per heavy atom. The molecule has 0 unspecified atom stereocenters. The van der Waals surface area contributed by atoms with Gasteiger partial charge in [-0.05, 0) is 46.4 Å². The summed E-state index contributed by atoms with van der Waals surface area (Å²) in [6.45, 7) is 0. The average molecular weight is 430 g/mol. The van der Waals surface area contributed by atoms with Crippen molar-refractivity contribution in [3.8, 4) is 11.1 Å². The summed E-state index contributed by atoms with van der Waals surface area (Å²) < 4.78 is 82.2. The number of carbonyl (C=O) groups excluding carboxylic acids is 1. The first-order valence-corrected chi connectivity index (χ1v) is 8.96. The number of hydrogen-bond donors (Lipinski definition) is 0. The van der Waals surface area contributed by atoms with E-state index in [0.717, 1.165) is 11.5 Å². The van der Waals surface area contributed by atoms with Crippen LogP contribution in [0.4, 0.5) is 26.3 Å². The van der Waals surface area contributed by atoms with E-state index in [9.17, 15) is 31.1 Å².